The van der Waals surface area contributed by atoms with E-state index in [1.165, 1.54) is 0 Å². The van der Waals surface area contributed by atoms with E-state index in [0.717, 1.165) is 45.1 Å². The molecule has 120 valence electrons. The lowest BCUT2D eigenvalue weighted by atomic mass is 9.81. The highest BCUT2D eigenvalue weighted by Gasteiger charge is 2.43. The summed E-state index contributed by atoms with van der Waals surface area (Å²) in [6, 6.07) is 0. The molecule has 2 aliphatic rings. The van der Waals surface area contributed by atoms with Crippen LogP contribution >= 0.6 is 0 Å². The predicted molar refractivity (Wildman–Crippen MR) is 80.7 cm³/mol. The lowest BCUT2D eigenvalue weighted by molar-refractivity contribution is -0.144. The van der Waals surface area contributed by atoms with E-state index in [-0.39, 0.29) is 23.7 Å². The molecule has 2 rings (SSSR count). The highest BCUT2D eigenvalue weighted by atomic mass is 16.4. The van der Waals surface area contributed by atoms with E-state index in [9.17, 15) is 9.59 Å². The lowest BCUT2D eigenvalue weighted by Crippen LogP contribution is -2.50. The zero-order valence-electron chi connectivity index (χ0n) is 13.0. The van der Waals surface area contributed by atoms with Gasteiger partial charge in [-0.05, 0) is 37.5 Å². The lowest BCUT2D eigenvalue weighted by Gasteiger charge is -2.40. The van der Waals surface area contributed by atoms with Gasteiger partial charge in [-0.2, -0.15) is 0 Å². The molecule has 1 aliphatic carbocycles. The maximum absolute atomic E-state index is 12.9. The summed E-state index contributed by atoms with van der Waals surface area (Å²) < 4.78 is 0. The molecule has 2 atom stereocenters. The Labute approximate surface area is 126 Å². The molecule has 0 aromatic carbocycles. The second-order valence-electron chi connectivity index (χ2n) is 6.92. The maximum atomic E-state index is 12.9. The number of carboxylic acid groups (broad SMARTS) is 1. The number of hydrogen-bond donors (Lipinski definition) is 2. The fraction of sp³-hybridized carbons (Fsp3) is 0.875. The highest BCUT2D eigenvalue weighted by Crippen LogP contribution is 2.40. The smallest absolute Gasteiger partial charge is 0.303 e. The van der Waals surface area contributed by atoms with Crippen LogP contribution < -0.4 is 5.73 Å². The average molecular weight is 296 g/mol. The topological polar surface area (TPSA) is 83.6 Å². The van der Waals surface area contributed by atoms with Gasteiger partial charge in [0.2, 0.25) is 5.91 Å². The summed E-state index contributed by atoms with van der Waals surface area (Å²) in [7, 11) is 0. The summed E-state index contributed by atoms with van der Waals surface area (Å²) in [6.45, 7) is 3.94. The van der Waals surface area contributed by atoms with E-state index in [2.05, 4.69) is 0 Å². The van der Waals surface area contributed by atoms with E-state index in [0.29, 0.717) is 19.0 Å². The van der Waals surface area contributed by atoms with Crippen molar-refractivity contribution in [3.63, 3.8) is 0 Å². The Balaban J connectivity index is 2.00. The molecule has 1 saturated heterocycles. The fourth-order valence-electron chi connectivity index (χ4n) is 3.99. The van der Waals surface area contributed by atoms with Crippen molar-refractivity contribution in [2.75, 3.05) is 19.6 Å². The first-order chi connectivity index (χ1) is 9.98. The van der Waals surface area contributed by atoms with Gasteiger partial charge in [0.05, 0.1) is 5.41 Å². The number of likely N-dealkylation sites (tertiary alicyclic amines) is 1. The van der Waals surface area contributed by atoms with Crippen molar-refractivity contribution in [1.82, 2.24) is 4.90 Å². The van der Waals surface area contributed by atoms with E-state index in [4.69, 9.17) is 10.8 Å². The van der Waals surface area contributed by atoms with E-state index >= 15 is 0 Å². The molecule has 3 N–H and O–H groups in total. The maximum Gasteiger partial charge on any atom is 0.303 e. The molecule has 2 fully saturated rings. The van der Waals surface area contributed by atoms with Crippen LogP contribution in [0.25, 0.3) is 0 Å². The number of carboxylic acids is 1. The number of hydrogen-bond acceptors (Lipinski definition) is 3. The summed E-state index contributed by atoms with van der Waals surface area (Å²) >= 11 is 0. The van der Waals surface area contributed by atoms with Crippen LogP contribution in [0.3, 0.4) is 0 Å². The zero-order valence-corrected chi connectivity index (χ0v) is 13.0. The van der Waals surface area contributed by atoms with Crippen LogP contribution in [0.5, 0.6) is 0 Å². The van der Waals surface area contributed by atoms with Gasteiger partial charge >= 0.3 is 5.97 Å². The quantitative estimate of drug-likeness (QED) is 0.811. The van der Waals surface area contributed by atoms with Gasteiger partial charge in [-0.3, -0.25) is 9.59 Å². The van der Waals surface area contributed by atoms with Crippen LogP contribution in [0.1, 0.15) is 51.9 Å². The number of nitrogens with zero attached hydrogens (tertiary/aromatic N) is 1. The summed E-state index contributed by atoms with van der Waals surface area (Å²) in [5, 5.41) is 8.94. The molecule has 1 saturated carbocycles. The van der Waals surface area contributed by atoms with Gasteiger partial charge in [-0.1, -0.05) is 19.8 Å². The molecule has 5 heteroatoms. The van der Waals surface area contributed by atoms with Crippen LogP contribution in [-0.4, -0.2) is 41.5 Å². The molecular formula is C16H28N2O3. The summed E-state index contributed by atoms with van der Waals surface area (Å²) in [4.78, 5) is 25.7. The van der Waals surface area contributed by atoms with E-state index < -0.39 is 5.97 Å². The molecule has 0 bridgehead atoms. The van der Waals surface area contributed by atoms with Gasteiger partial charge < -0.3 is 15.7 Å². The third kappa shape index (κ3) is 3.57. The standard InChI is InChI=1S/C16H28N2O3/c1-12(9-14(19)20)13-5-4-8-18(10-13)15(21)16(11-17)6-2-3-7-16/h12-13H,2-11,17H2,1H3,(H,19,20). The van der Waals surface area contributed by atoms with Gasteiger partial charge in [-0.25, -0.2) is 0 Å². The molecule has 0 spiro atoms. The van der Waals surface area contributed by atoms with Crippen molar-refractivity contribution in [2.45, 2.75) is 51.9 Å². The SMILES string of the molecule is CC(CC(=O)O)C1CCCN(C(=O)C2(CN)CCCC2)C1. The fourth-order valence-corrected chi connectivity index (χ4v) is 3.99. The summed E-state index contributed by atoms with van der Waals surface area (Å²) in [5.41, 5.74) is 5.58. The minimum atomic E-state index is -0.750. The average Bonchev–Trinajstić information content (AvgIpc) is 2.96. The molecule has 1 heterocycles. The minimum Gasteiger partial charge on any atom is -0.481 e. The number of nitrogens with two attached hydrogens (primary N) is 1. The van der Waals surface area contributed by atoms with Gasteiger partial charge in [-0.15, -0.1) is 0 Å². The molecule has 0 aromatic heterocycles. The third-order valence-electron chi connectivity index (χ3n) is 5.45. The summed E-state index contributed by atoms with van der Waals surface area (Å²) in [5.74, 6) is -0.111. The Hall–Kier alpha value is -1.10. The Morgan fingerprint density at radius 2 is 2.00 bits per heavy atom. The molecule has 5 nitrogen and oxygen atoms in total. The van der Waals surface area contributed by atoms with E-state index in [1.54, 1.807) is 0 Å². The molecule has 21 heavy (non-hydrogen) atoms. The van der Waals surface area contributed by atoms with Crippen molar-refractivity contribution in [1.29, 1.82) is 0 Å². The molecule has 1 amide bonds. The van der Waals surface area contributed by atoms with Gasteiger partial charge in [0.1, 0.15) is 0 Å². The van der Waals surface area contributed by atoms with Gasteiger partial charge in [0, 0.05) is 26.1 Å². The van der Waals surface area contributed by atoms with Crippen LogP contribution in [0.2, 0.25) is 0 Å². The number of amides is 1. The van der Waals surface area contributed by atoms with Gasteiger partial charge in [0.15, 0.2) is 0 Å². The largest absolute Gasteiger partial charge is 0.481 e. The Morgan fingerprint density at radius 1 is 1.33 bits per heavy atom. The predicted octanol–water partition coefficient (Wildman–Crippen LogP) is 1.85. The molecule has 0 aromatic rings. The number of piperidine rings is 1. The summed E-state index contributed by atoms with van der Waals surface area (Å²) in [6.07, 6.45) is 6.19. The Bertz CT molecular complexity index is 391. The van der Waals surface area contributed by atoms with Crippen molar-refractivity contribution < 1.29 is 14.7 Å². The molecular weight excluding hydrogens is 268 g/mol. The zero-order chi connectivity index (χ0) is 15.5. The normalized spacial score (nSPS) is 26.6. The minimum absolute atomic E-state index is 0.121. The van der Waals surface area contributed by atoms with Crippen LogP contribution in [0.4, 0.5) is 0 Å². The second kappa shape index (κ2) is 6.77. The van der Waals surface area contributed by atoms with Crippen molar-refractivity contribution in [2.24, 2.45) is 23.0 Å². The van der Waals surface area contributed by atoms with Crippen molar-refractivity contribution >= 4 is 11.9 Å². The van der Waals surface area contributed by atoms with Crippen LogP contribution in [-0.2, 0) is 9.59 Å². The molecule has 0 radical (unpaired) electrons. The number of carbonyl (C=O) groups excluding carboxylic acids is 1. The first kappa shape index (κ1) is 16.3. The highest BCUT2D eigenvalue weighted by molar-refractivity contribution is 5.83. The van der Waals surface area contributed by atoms with Gasteiger partial charge in [0.25, 0.3) is 0 Å². The number of rotatable bonds is 5. The van der Waals surface area contributed by atoms with E-state index in [1.807, 2.05) is 11.8 Å². The van der Waals surface area contributed by atoms with Crippen LogP contribution in [0, 0.1) is 17.3 Å². The van der Waals surface area contributed by atoms with Crippen molar-refractivity contribution in [3.05, 3.63) is 0 Å². The van der Waals surface area contributed by atoms with Crippen LogP contribution in [0.15, 0.2) is 0 Å². The molecule has 2 unspecified atom stereocenters. The third-order valence-corrected chi connectivity index (χ3v) is 5.45. The first-order valence-electron chi connectivity index (χ1n) is 8.20. The Kier molecular flexibility index (Phi) is 5.25. The monoisotopic (exact) mass is 296 g/mol. The van der Waals surface area contributed by atoms with Crippen molar-refractivity contribution in [3.8, 4) is 0 Å². The first-order valence-corrected chi connectivity index (χ1v) is 8.20. The Morgan fingerprint density at radius 3 is 2.57 bits per heavy atom. The number of aliphatic carboxylic acids is 1. The number of carbonyl (C=O) groups is 2. The molecule has 1 aliphatic heterocycles. The second-order valence-corrected chi connectivity index (χ2v) is 6.92.